The third kappa shape index (κ3) is 1.85. The molecule has 1 amide bonds. The molecule has 3 atom stereocenters. The van der Waals surface area contributed by atoms with E-state index in [1.54, 1.807) is 0 Å². The Balaban J connectivity index is 1.74. The molecular formula is C27H23N3O4. The summed E-state index contributed by atoms with van der Waals surface area (Å²) in [6, 6.07) is 16.3. The quantitative estimate of drug-likeness (QED) is 0.379. The van der Waals surface area contributed by atoms with Gasteiger partial charge in [0.25, 0.3) is 5.91 Å². The van der Waals surface area contributed by atoms with Gasteiger partial charge in [0.05, 0.1) is 27.6 Å². The summed E-state index contributed by atoms with van der Waals surface area (Å²) in [4.78, 5) is 13.2. The fourth-order valence-corrected chi connectivity index (χ4v) is 7.04. The molecule has 3 aliphatic heterocycles. The highest BCUT2D eigenvalue weighted by molar-refractivity contribution is 6.31. The summed E-state index contributed by atoms with van der Waals surface area (Å²) in [6.07, 6.45) is 0.110. The summed E-state index contributed by atoms with van der Waals surface area (Å²) in [5.74, 6) is -0.0463. The Bertz CT molecular complexity index is 1750. The fourth-order valence-electron chi connectivity index (χ4n) is 7.04. The third-order valence-electron chi connectivity index (χ3n) is 8.50. The van der Waals surface area contributed by atoms with Gasteiger partial charge >= 0.3 is 0 Å². The predicted octanol–water partition coefficient (Wildman–Crippen LogP) is 3.86. The van der Waals surface area contributed by atoms with Crippen molar-refractivity contribution >= 4 is 49.5 Å². The van der Waals surface area contributed by atoms with Crippen molar-refractivity contribution in [3.63, 3.8) is 0 Å². The Morgan fingerprint density at radius 3 is 2.53 bits per heavy atom. The highest BCUT2D eigenvalue weighted by Gasteiger charge is 2.60. The number of rotatable bonds is 2. The molecule has 0 saturated carbocycles. The number of hydrogen-bond donors (Lipinski definition) is 3. The van der Waals surface area contributed by atoms with E-state index in [9.17, 15) is 15.0 Å². The molecule has 1 saturated heterocycles. The van der Waals surface area contributed by atoms with Crippen LogP contribution in [0.1, 0.15) is 41.9 Å². The van der Waals surface area contributed by atoms with Crippen molar-refractivity contribution in [2.24, 2.45) is 0 Å². The number of carbonyl (C=O) groups is 1. The maximum Gasteiger partial charge on any atom is 0.252 e. The van der Waals surface area contributed by atoms with Gasteiger partial charge in [0.2, 0.25) is 0 Å². The normalized spacial score (nSPS) is 27.4. The molecule has 7 heteroatoms. The molecule has 170 valence electrons. The molecule has 7 nitrogen and oxygen atoms in total. The molecule has 0 spiro atoms. The van der Waals surface area contributed by atoms with Gasteiger partial charge < -0.3 is 29.4 Å². The number of nitrogens with zero attached hydrogens (tertiary/aromatic N) is 2. The van der Waals surface area contributed by atoms with Crippen molar-refractivity contribution in [2.45, 2.75) is 43.9 Å². The number of para-hydroxylation sites is 2. The first kappa shape index (κ1) is 19.0. The van der Waals surface area contributed by atoms with Crippen molar-refractivity contribution in [1.29, 1.82) is 0 Å². The Kier molecular flexibility index (Phi) is 3.24. The molecular weight excluding hydrogens is 430 g/mol. The van der Waals surface area contributed by atoms with E-state index in [4.69, 9.17) is 4.74 Å². The minimum atomic E-state index is -1.27. The van der Waals surface area contributed by atoms with Crippen molar-refractivity contribution in [2.75, 3.05) is 6.61 Å². The first-order chi connectivity index (χ1) is 16.5. The molecule has 3 N–H and O–H groups in total. The maximum absolute atomic E-state index is 13.2. The van der Waals surface area contributed by atoms with Gasteiger partial charge in [-0.1, -0.05) is 36.4 Å². The predicted molar refractivity (Wildman–Crippen MR) is 129 cm³/mol. The van der Waals surface area contributed by atoms with E-state index in [0.717, 1.165) is 54.7 Å². The molecule has 0 aliphatic carbocycles. The molecule has 1 fully saturated rings. The summed E-state index contributed by atoms with van der Waals surface area (Å²) in [5, 5.41) is 29.0. The van der Waals surface area contributed by atoms with Crippen molar-refractivity contribution in [1.82, 2.24) is 14.5 Å². The molecule has 5 aromatic rings. The number of aliphatic hydroxyl groups excluding tert-OH is 1. The van der Waals surface area contributed by atoms with Gasteiger partial charge in [-0.3, -0.25) is 4.79 Å². The molecule has 2 bridgehead atoms. The van der Waals surface area contributed by atoms with Gasteiger partial charge in [0.15, 0.2) is 5.72 Å². The number of carbonyl (C=O) groups excluding carboxylic acids is 1. The van der Waals surface area contributed by atoms with Gasteiger partial charge in [0.1, 0.15) is 11.8 Å². The lowest BCUT2D eigenvalue weighted by molar-refractivity contribution is -0.182. The second kappa shape index (κ2) is 5.81. The molecule has 3 aromatic carbocycles. The molecule has 8 rings (SSSR count). The molecule has 0 radical (unpaired) electrons. The van der Waals surface area contributed by atoms with Crippen LogP contribution in [0.4, 0.5) is 0 Å². The Hall–Kier alpha value is -3.39. The van der Waals surface area contributed by atoms with Crippen LogP contribution < -0.4 is 5.32 Å². The first-order valence-electron chi connectivity index (χ1n) is 11.8. The lowest BCUT2D eigenvalue weighted by Crippen LogP contribution is -2.51. The Morgan fingerprint density at radius 2 is 1.76 bits per heavy atom. The summed E-state index contributed by atoms with van der Waals surface area (Å²) >= 11 is 0. The lowest BCUT2D eigenvalue weighted by Gasteiger charge is -2.39. The topological polar surface area (TPSA) is 88.7 Å². The largest absolute Gasteiger partial charge is 0.396 e. The highest BCUT2D eigenvalue weighted by Crippen LogP contribution is 2.58. The zero-order chi connectivity index (χ0) is 23.0. The summed E-state index contributed by atoms with van der Waals surface area (Å²) in [5.41, 5.74) is 3.25. The monoisotopic (exact) mass is 453 g/mol. The van der Waals surface area contributed by atoms with E-state index in [1.165, 1.54) is 0 Å². The molecule has 2 aromatic heterocycles. The Labute approximate surface area is 194 Å². The van der Waals surface area contributed by atoms with Crippen LogP contribution in [0.3, 0.4) is 0 Å². The van der Waals surface area contributed by atoms with E-state index in [2.05, 4.69) is 38.7 Å². The zero-order valence-corrected chi connectivity index (χ0v) is 18.6. The minimum absolute atomic E-state index is 0.0463. The second-order valence-corrected chi connectivity index (χ2v) is 9.99. The van der Waals surface area contributed by atoms with E-state index >= 15 is 0 Å². The van der Waals surface area contributed by atoms with Crippen LogP contribution >= 0.6 is 0 Å². The molecule has 0 unspecified atom stereocenters. The number of amides is 1. The van der Waals surface area contributed by atoms with Crippen LogP contribution in [0.25, 0.3) is 43.6 Å². The summed E-state index contributed by atoms with van der Waals surface area (Å²) in [7, 11) is 0. The van der Waals surface area contributed by atoms with Crippen LogP contribution in [-0.2, 0) is 17.0 Å². The molecule has 3 aliphatic rings. The zero-order valence-electron chi connectivity index (χ0n) is 18.6. The minimum Gasteiger partial charge on any atom is -0.396 e. The lowest BCUT2D eigenvalue weighted by atomic mass is 9.86. The highest BCUT2D eigenvalue weighted by atomic mass is 16.6. The van der Waals surface area contributed by atoms with E-state index in [1.807, 2.05) is 31.2 Å². The first-order valence-corrected chi connectivity index (χ1v) is 11.8. The smallest absolute Gasteiger partial charge is 0.252 e. The number of ether oxygens (including phenoxy) is 1. The number of benzene rings is 3. The van der Waals surface area contributed by atoms with E-state index < -0.39 is 17.6 Å². The van der Waals surface area contributed by atoms with Crippen molar-refractivity contribution in [3.05, 3.63) is 59.7 Å². The summed E-state index contributed by atoms with van der Waals surface area (Å²) in [6.45, 7) is 2.27. The van der Waals surface area contributed by atoms with E-state index in [-0.39, 0.29) is 18.9 Å². The average Bonchev–Trinajstić information content (AvgIpc) is 3.51. The van der Waals surface area contributed by atoms with Crippen molar-refractivity contribution < 1.29 is 19.7 Å². The van der Waals surface area contributed by atoms with Crippen LogP contribution in [0, 0.1) is 0 Å². The van der Waals surface area contributed by atoms with Crippen LogP contribution in [0.5, 0.6) is 0 Å². The van der Waals surface area contributed by atoms with Gasteiger partial charge in [-0.15, -0.1) is 0 Å². The van der Waals surface area contributed by atoms with Gasteiger partial charge in [-0.05, 0) is 24.6 Å². The van der Waals surface area contributed by atoms with Gasteiger partial charge in [-0.2, -0.15) is 0 Å². The second-order valence-electron chi connectivity index (χ2n) is 9.99. The summed E-state index contributed by atoms with van der Waals surface area (Å²) < 4.78 is 11.1. The number of fused-ring (bicyclic) bond motifs is 13. The van der Waals surface area contributed by atoms with Crippen molar-refractivity contribution in [3.8, 4) is 0 Å². The maximum atomic E-state index is 13.2. The van der Waals surface area contributed by atoms with E-state index in [0.29, 0.717) is 13.0 Å². The standard InChI is InChI=1S/C27H23N3O4/c1-26-27(33,10-11-31)12-19(34-26)29-17-8-4-2-6-14(17)21-22-16(13-28-25(22)32)20-15-7-3-5-9-18(15)30(26)24(20)23(21)29/h2-9,19,31,33H,10-13H2,1H3,(H,28,32)/t19-,26+,27-/m1/s1. The number of hydrogen-bond acceptors (Lipinski definition) is 4. The van der Waals surface area contributed by atoms with Gasteiger partial charge in [-0.25, -0.2) is 0 Å². The van der Waals surface area contributed by atoms with Crippen LogP contribution in [0.15, 0.2) is 48.5 Å². The SMILES string of the molecule is C[C@]12O[C@H](C[C@]1(O)CCO)n1c3ccccc3c3c4c(c5c6ccccc6n2c5c31)CNC4=O. The number of nitrogens with one attached hydrogen (secondary N) is 1. The number of aliphatic hydroxyl groups is 2. The molecule has 34 heavy (non-hydrogen) atoms. The van der Waals surface area contributed by atoms with Crippen LogP contribution in [0.2, 0.25) is 0 Å². The number of aromatic nitrogens is 2. The average molecular weight is 453 g/mol. The van der Waals surface area contributed by atoms with Gasteiger partial charge in [0, 0.05) is 47.5 Å². The molecule has 5 heterocycles. The fraction of sp³-hybridized carbons (Fsp3) is 0.296. The Morgan fingerprint density at radius 1 is 1.06 bits per heavy atom. The van der Waals surface area contributed by atoms with Crippen LogP contribution in [-0.4, -0.2) is 37.5 Å². The third-order valence-corrected chi connectivity index (χ3v) is 8.50.